The molecule has 1 N–H and O–H groups in total. The van der Waals surface area contributed by atoms with Crippen molar-refractivity contribution in [2.24, 2.45) is 0 Å². The highest BCUT2D eigenvalue weighted by atomic mass is 19.1. The van der Waals surface area contributed by atoms with Crippen LogP contribution in [0.2, 0.25) is 0 Å². The molecule has 0 saturated carbocycles. The van der Waals surface area contributed by atoms with Crippen LogP contribution in [-0.4, -0.2) is 25.7 Å². The summed E-state index contributed by atoms with van der Waals surface area (Å²) in [5.41, 5.74) is 0.554. The van der Waals surface area contributed by atoms with Gasteiger partial charge in [0, 0.05) is 17.7 Å². The summed E-state index contributed by atoms with van der Waals surface area (Å²) in [6.07, 6.45) is -0.757. The van der Waals surface area contributed by atoms with Crippen LogP contribution in [0.15, 0.2) is 18.2 Å². The first kappa shape index (κ1) is 15.4. The first-order chi connectivity index (χ1) is 8.99. The molecule has 0 fully saturated rings. The fourth-order valence-corrected chi connectivity index (χ4v) is 1.60. The number of hydrogen-bond acceptors (Lipinski definition) is 4. The predicted molar refractivity (Wildman–Crippen MR) is 70.6 cm³/mol. The minimum absolute atomic E-state index is 0.0865. The maximum atomic E-state index is 13.9. The normalized spacial score (nSPS) is 13.7. The van der Waals surface area contributed by atoms with Crippen LogP contribution in [0.4, 0.5) is 4.39 Å². The van der Waals surface area contributed by atoms with Crippen molar-refractivity contribution < 1.29 is 18.7 Å². The van der Waals surface area contributed by atoms with E-state index in [2.05, 4.69) is 5.32 Å². The van der Waals surface area contributed by atoms with E-state index >= 15 is 0 Å². The van der Waals surface area contributed by atoms with Gasteiger partial charge >= 0.3 is 5.97 Å². The zero-order valence-corrected chi connectivity index (χ0v) is 11.7. The smallest absolute Gasteiger partial charge is 0.347 e. The van der Waals surface area contributed by atoms with Gasteiger partial charge in [-0.2, -0.15) is 0 Å². The third-order valence-electron chi connectivity index (χ3n) is 2.80. The second-order valence-corrected chi connectivity index (χ2v) is 4.21. The average molecular weight is 269 g/mol. The lowest BCUT2D eigenvalue weighted by Crippen LogP contribution is -2.26. The molecule has 2 atom stereocenters. The van der Waals surface area contributed by atoms with Crippen LogP contribution in [0.3, 0.4) is 0 Å². The molecule has 5 heteroatoms. The molecule has 0 aromatic heterocycles. The minimum Gasteiger partial charge on any atom is -0.479 e. The molecule has 1 rings (SSSR count). The summed E-state index contributed by atoms with van der Waals surface area (Å²) >= 11 is 0. The minimum atomic E-state index is -0.757. The summed E-state index contributed by atoms with van der Waals surface area (Å²) in [5.74, 6) is -0.518. The van der Waals surface area contributed by atoms with E-state index in [-0.39, 0.29) is 11.9 Å². The van der Waals surface area contributed by atoms with Crippen molar-refractivity contribution in [3.05, 3.63) is 29.6 Å². The van der Waals surface area contributed by atoms with Gasteiger partial charge in [0.2, 0.25) is 0 Å². The molecule has 0 radical (unpaired) electrons. The van der Waals surface area contributed by atoms with Crippen LogP contribution < -0.4 is 10.1 Å². The van der Waals surface area contributed by atoms with Gasteiger partial charge in [0.15, 0.2) is 6.10 Å². The molecule has 0 bridgehead atoms. The molecule has 0 aliphatic carbocycles. The van der Waals surface area contributed by atoms with E-state index in [4.69, 9.17) is 9.47 Å². The van der Waals surface area contributed by atoms with Crippen molar-refractivity contribution in [3.63, 3.8) is 0 Å². The van der Waals surface area contributed by atoms with Gasteiger partial charge in [0.05, 0.1) is 6.61 Å². The van der Waals surface area contributed by atoms with Crippen LogP contribution >= 0.6 is 0 Å². The van der Waals surface area contributed by atoms with Gasteiger partial charge in [0.25, 0.3) is 0 Å². The molecule has 0 amide bonds. The molecular weight excluding hydrogens is 249 g/mol. The lowest BCUT2D eigenvalue weighted by molar-refractivity contribution is -0.150. The van der Waals surface area contributed by atoms with E-state index in [9.17, 15) is 9.18 Å². The van der Waals surface area contributed by atoms with Gasteiger partial charge in [-0.25, -0.2) is 9.18 Å². The number of carbonyl (C=O) groups excluding carboxylic acids is 1. The van der Waals surface area contributed by atoms with E-state index in [0.717, 1.165) is 0 Å². The van der Waals surface area contributed by atoms with Crippen LogP contribution in [0.1, 0.15) is 32.4 Å². The molecule has 2 unspecified atom stereocenters. The van der Waals surface area contributed by atoms with Crippen molar-refractivity contribution >= 4 is 5.97 Å². The monoisotopic (exact) mass is 269 g/mol. The fourth-order valence-electron chi connectivity index (χ4n) is 1.60. The number of ether oxygens (including phenoxy) is 2. The van der Waals surface area contributed by atoms with E-state index in [1.165, 1.54) is 6.07 Å². The van der Waals surface area contributed by atoms with Crippen LogP contribution in [0.25, 0.3) is 0 Å². The molecule has 19 heavy (non-hydrogen) atoms. The van der Waals surface area contributed by atoms with E-state index < -0.39 is 12.1 Å². The number of benzene rings is 1. The second kappa shape index (κ2) is 7.09. The Labute approximate surface area is 112 Å². The zero-order chi connectivity index (χ0) is 14.4. The predicted octanol–water partition coefficient (Wildman–Crippen LogP) is 2.44. The van der Waals surface area contributed by atoms with Crippen LogP contribution in [0.5, 0.6) is 5.75 Å². The molecule has 106 valence electrons. The van der Waals surface area contributed by atoms with Crippen LogP contribution in [0, 0.1) is 5.82 Å². The van der Waals surface area contributed by atoms with Crippen molar-refractivity contribution in [1.82, 2.24) is 5.32 Å². The number of esters is 1. The fraction of sp³-hybridized carbons (Fsp3) is 0.500. The van der Waals surface area contributed by atoms with E-state index in [1.54, 1.807) is 33.0 Å². The van der Waals surface area contributed by atoms with Crippen molar-refractivity contribution in [2.75, 3.05) is 13.7 Å². The number of halogens is 1. The molecule has 0 aliphatic rings. The quantitative estimate of drug-likeness (QED) is 0.806. The topological polar surface area (TPSA) is 47.6 Å². The van der Waals surface area contributed by atoms with Gasteiger partial charge < -0.3 is 14.8 Å². The molecule has 0 spiro atoms. The summed E-state index contributed by atoms with van der Waals surface area (Å²) in [7, 11) is 1.76. The van der Waals surface area contributed by atoms with Gasteiger partial charge in [-0.05, 0) is 33.9 Å². The van der Waals surface area contributed by atoms with Crippen LogP contribution in [-0.2, 0) is 9.53 Å². The van der Waals surface area contributed by atoms with Gasteiger partial charge in [0.1, 0.15) is 11.6 Å². The Morgan fingerprint density at radius 3 is 2.63 bits per heavy atom. The standard InChI is InChI=1S/C14H20FNO3/c1-5-18-14(17)10(3)19-11-6-7-12(9(2)16-4)13(15)8-11/h6-10,16H,5H2,1-4H3. The highest BCUT2D eigenvalue weighted by molar-refractivity contribution is 5.74. The number of carbonyl (C=O) groups is 1. The maximum Gasteiger partial charge on any atom is 0.347 e. The number of rotatable bonds is 6. The molecule has 4 nitrogen and oxygen atoms in total. The summed E-state index contributed by atoms with van der Waals surface area (Å²) in [6, 6.07) is 4.47. The molecule has 0 aliphatic heterocycles. The summed E-state index contributed by atoms with van der Waals surface area (Å²) < 4.78 is 24.0. The zero-order valence-electron chi connectivity index (χ0n) is 11.7. The largest absolute Gasteiger partial charge is 0.479 e. The molecule has 1 aromatic carbocycles. The Balaban J connectivity index is 2.76. The average Bonchev–Trinajstić information content (AvgIpc) is 2.38. The number of nitrogens with one attached hydrogen (secondary N) is 1. The van der Waals surface area contributed by atoms with Crippen molar-refractivity contribution in [3.8, 4) is 5.75 Å². The molecule has 1 aromatic rings. The Morgan fingerprint density at radius 2 is 2.11 bits per heavy atom. The SMILES string of the molecule is CCOC(=O)C(C)Oc1ccc(C(C)NC)c(F)c1. The Morgan fingerprint density at radius 1 is 1.42 bits per heavy atom. The van der Waals surface area contributed by atoms with Gasteiger partial charge in [-0.3, -0.25) is 0 Å². The second-order valence-electron chi connectivity index (χ2n) is 4.21. The summed E-state index contributed by atoms with van der Waals surface area (Å²) in [6.45, 7) is 5.44. The van der Waals surface area contributed by atoms with E-state index in [0.29, 0.717) is 17.9 Å². The first-order valence-electron chi connectivity index (χ1n) is 6.29. The summed E-state index contributed by atoms with van der Waals surface area (Å²) in [5, 5.41) is 2.96. The lowest BCUT2D eigenvalue weighted by Gasteiger charge is -2.16. The lowest BCUT2D eigenvalue weighted by atomic mass is 10.1. The highest BCUT2D eigenvalue weighted by Crippen LogP contribution is 2.22. The molecular formula is C14H20FNO3. The molecule has 0 saturated heterocycles. The maximum absolute atomic E-state index is 13.9. The molecule has 0 heterocycles. The van der Waals surface area contributed by atoms with Crippen molar-refractivity contribution in [1.29, 1.82) is 0 Å². The Kier molecular flexibility index (Phi) is 5.76. The number of hydrogen-bond donors (Lipinski definition) is 1. The highest BCUT2D eigenvalue weighted by Gasteiger charge is 2.17. The van der Waals surface area contributed by atoms with E-state index in [1.807, 2.05) is 6.92 Å². The Bertz CT molecular complexity index is 437. The Hall–Kier alpha value is -1.62. The van der Waals surface area contributed by atoms with Gasteiger partial charge in [-0.1, -0.05) is 6.07 Å². The van der Waals surface area contributed by atoms with Crippen molar-refractivity contribution in [2.45, 2.75) is 32.9 Å². The van der Waals surface area contributed by atoms with Gasteiger partial charge in [-0.15, -0.1) is 0 Å². The first-order valence-corrected chi connectivity index (χ1v) is 6.29. The third-order valence-corrected chi connectivity index (χ3v) is 2.80. The third kappa shape index (κ3) is 4.21. The summed E-state index contributed by atoms with van der Waals surface area (Å²) in [4.78, 5) is 11.4.